The molecule has 3 heterocycles. The number of nitrogens with zero attached hydrogens (tertiary/aromatic N) is 2. The number of carbonyl (C=O) groups excluding carboxylic acids is 2. The van der Waals surface area contributed by atoms with Gasteiger partial charge in [-0.1, -0.05) is 6.07 Å². The number of rotatable bonds is 4. The van der Waals surface area contributed by atoms with Gasteiger partial charge in [0.15, 0.2) is 5.78 Å². The number of hydrogen-bond donors (Lipinski definition) is 1. The van der Waals surface area contributed by atoms with E-state index in [4.69, 9.17) is 0 Å². The lowest BCUT2D eigenvalue weighted by Crippen LogP contribution is -2.49. The molecule has 0 aromatic carbocycles. The molecule has 6 nitrogen and oxygen atoms in total. The lowest BCUT2D eigenvalue weighted by Gasteiger charge is -2.34. The van der Waals surface area contributed by atoms with Crippen molar-refractivity contribution >= 4 is 23.0 Å². The number of thiophene rings is 1. The van der Waals surface area contributed by atoms with Gasteiger partial charge in [-0.15, -0.1) is 11.3 Å². The van der Waals surface area contributed by atoms with Crippen molar-refractivity contribution in [3.63, 3.8) is 0 Å². The Morgan fingerprint density at radius 3 is 2.52 bits per heavy atom. The molecular weight excluding hydrogens is 314 g/mol. The molecule has 0 unspecified atom stereocenters. The zero-order chi connectivity index (χ0) is 16.2. The summed E-state index contributed by atoms with van der Waals surface area (Å²) >= 11 is 1.45. The highest BCUT2D eigenvalue weighted by Gasteiger charge is 2.23. The van der Waals surface area contributed by atoms with E-state index in [2.05, 4.69) is 9.88 Å². The Bertz CT molecular complexity index is 726. The minimum absolute atomic E-state index is 0.0921. The molecule has 120 valence electrons. The summed E-state index contributed by atoms with van der Waals surface area (Å²) in [4.78, 5) is 42.6. The average molecular weight is 331 g/mol. The molecule has 0 radical (unpaired) electrons. The van der Waals surface area contributed by atoms with Gasteiger partial charge in [0.1, 0.15) is 0 Å². The molecule has 0 saturated carbocycles. The highest BCUT2D eigenvalue weighted by molar-refractivity contribution is 7.12. The fourth-order valence-electron chi connectivity index (χ4n) is 2.55. The Kier molecular flexibility index (Phi) is 4.68. The number of pyridine rings is 1. The van der Waals surface area contributed by atoms with Crippen molar-refractivity contribution in [2.24, 2.45) is 0 Å². The Morgan fingerprint density at radius 1 is 1.13 bits per heavy atom. The Hall–Kier alpha value is -2.25. The van der Waals surface area contributed by atoms with Gasteiger partial charge in [0.25, 0.3) is 5.91 Å². The molecule has 1 fully saturated rings. The second-order valence-corrected chi connectivity index (χ2v) is 6.36. The van der Waals surface area contributed by atoms with Gasteiger partial charge >= 0.3 is 0 Å². The number of aromatic amines is 1. The van der Waals surface area contributed by atoms with Crippen LogP contribution in [0.4, 0.5) is 0 Å². The Balaban J connectivity index is 1.54. The molecule has 7 heteroatoms. The third-order valence-corrected chi connectivity index (χ3v) is 4.76. The molecule has 0 aliphatic carbocycles. The number of H-pyrrole nitrogens is 1. The van der Waals surface area contributed by atoms with Crippen LogP contribution in [-0.2, 0) is 0 Å². The number of amides is 1. The monoisotopic (exact) mass is 331 g/mol. The third-order valence-electron chi connectivity index (χ3n) is 3.85. The van der Waals surface area contributed by atoms with E-state index in [0.29, 0.717) is 38.3 Å². The first-order chi connectivity index (χ1) is 11.1. The quantitative estimate of drug-likeness (QED) is 0.851. The molecule has 2 aromatic heterocycles. The van der Waals surface area contributed by atoms with E-state index in [9.17, 15) is 14.4 Å². The minimum Gasteiger partial charge on any atom is -0.336 e. The molecule has 3 rings (SSSR count). The molecule has 1 saturated heterocycles. The van der Waals surface area contributed by atoms with E-state index in [0.717, 1.165) is 4.88 Å². The summed E-state index contributed by atoms with van der Waals surface area (Å²) in [6, 6.07) is 6.60. The highest BCUT2D eigenvalue weighted by atomic mass is 32.1. The zero-order valence-corrected chi connectivity index (χ0v) is 13.3. The van der Waals surface area contributed by atoms with Crippen LogP contribution in [0, 0.1) is 0 Å². The number of aromatic nitrogens is 1. The van der Waals surface area contributed by atoms with Gasteiger partial charge in [0.05, 0.1) is 17.0 Å². The molecule has 0 spiro atoms. The van der Waals surface area contributed by atoms with E-state index >= 15 is 0 Å². The molecule has 0 atom stereocenters. The van der Waals surface area contributed by atoms with Crippen LogP contribution in [0.25, 0.3) is 0 Å². The first-order valence-corrected chi connectivity index (χ1v) is 8.28. The predicted octanol–water partition coefficient (Wildman–Crippen LogP) is 1.08. The van der Waals surface area contributed by atoms with Crippen LogP contribution in [0.5, 0.6) is 0 Å². The summed E-state index contributed by atoms with van der Waals surface area (Å²) in [5, 5.41) is 1.90. The molecule has 1 aliphatic heterocycles. The number of nitrogens with one attached hydrogen (secondary N) is 1. The minimum atomic E-state index is -0.224. The maximum absolute atomic E-state index is 12.3. The number of piperazine rings is 1. The van der Waals surface area contributed by atoms with Gasteiger partial charge in [0, 0.05) is 38.4 Å². The van der Waals surface area contributed by atoms with Crippen LogP contribution in [0.1, 0.15) is 20.0 Å². The molecule has 0 bridgehead atoms. The van der Waals surface area contributed by atoms with Crippen molar-refractivity contribution in [1.29, 1.82) is 0 Å². The molecular formula is C16H17N3O3S. The van der Waals surface area contributed by atoms with E-state index < -0.39 is 0 Å². The van der Waals surface area contributed by atoms with Crippen molar-refractivity contribution in [3.05, 3.63) is 56.6 Å². The number of Topliss-reactive ketones (excluding diaryl/α,β-unsaturated/α-hetero) is 1. The van der Waals surface area contributed by atoms with E-state index in [1.807, 2.05) is 17.5 Å². The van der Waals surface area contributed by atoms with Gasteiger partial charge in [-0.3, -0.25) is 19.3 Å². The van der Waals surface area contributed by atoms with Crippen LogP contribution in [0.2, 0.25) is 0 Å². The topological polar surface area (TPSA) is 73.5 Å². The summed E-state index contributed by atoms with van der Waals surface area (Å²) in [6.07, 6.45) is 1.44. The second kappa shape index (κ2) is 6.89. The highest BCUT2D eigenvalue weighted by Crippen LogP contribution is 2.12. The SMILES string of the molecule is O=C(CN1CCN(C(=O)c2ccc(=O)[nH]c2)CC1)c1cccs1. The van der Waals surface area contributed by atoms with Gasteiger partial charge < -0.3 is 9.88 Å². The van der Waals surface area contributed by atoms with Crippen LogP contribution < -0.4 is 5.56 Å². The van der Waals surface area contributed by atoms with Crippen molar-refractivity contribution in [1.82, 2.24) is 14.8 Å². The van der Waals surface area contributed by atoms with Gasteiger partial charge in [-0.25, -0.2) is 0 Å². The van der Waals surface area contributed by atoms with Crippen LogP contribution in [0.15, 0.2) is 40.6 Å². The van der Waals surface area contributed by atoms with Crippen LogP contribution in [-0.4, -0.2) is 59.2 Å². The summed E-state index contributed by atoms with van der Waals surface area (Å²) in [7, 11) is 0. The maximum Gasteiger partial charge on any atom is 0.255 e. The van der Waals surface area contributed by atoms with Crippen LogP contribution in [0.3, 0.4) is 0 Å². The Labute approximate surface area is 137 Å². The molecule has 1 N–H and O–H groups in total. The summed E-state index contributed by atoms with van der Waals surface area (Å²) < 4.78 is 0. The first-order valence-electron chi connectivity index (χ1n) is 7.40. The Morgan fingerprint density at radius 2 is 1.91 bits per heavy atom. The van der Waals surface area contributed by atoms with E-state index in [-0.39, 0.29) is 17.2 Å². The van der Waals surface area contributed by atoms with Gasteiger partial charge in [-0.05, 0) is 17.5 Å². The van der Waals surface area contributed by atoms with E-state index in [1.165, 1.54) is 29.7 Å². The van der Waals surface area contributed by atoms with Crippen molar-refractivity contribution < 1.29 is 9.59 Å². The van der Waals surface area contributed by atoms with Gasteiger partial charge in [0.2, 0.25) is 5.56 Å². The number of ketones is 1. The molecule has 1 aliphatic rings. The molecule has 2 aromatic rings. The fraction of sp³-hybridized carbons (Fsp3) is 0.312. The largest absolute Gasteiger partial charge is 0.336 e. The van der Waals surface area contributed by atoms with Gasteiger partial charge in [-0.2, -0.15) is 0 Å². The van der Waals surface area contributed by atoms with Crippen molar-refractivity contribution in [2.45, 2.75) is 0 Å². The predicted molar refractivity (Wildman–Crippen MR) is 88.1 cm³/mol. The van der Waals surface area contributed by atoms with E-state index in [1.54, 1.807) is 4.90 Å². The standard InChI is InChI=1S/C16H17N3O3S/c20-13(14-2-1-9-23-14)11-18-5-7-19(8-6-18)16(22)12-3-4-15(21)17-10-12/h1-4,9-10H,5-8,11H2,(H,17,21). The third kappa shape index (κ3) is 3.75. The number of hydrogen-bond acceptors (Lipinski definition) is 5. The zero-order valence-electron chi connectivity index (χ0n) is 12.5. The smallest absolute Gasteiger partial charge is 0.255 e. The van der Waals surface area contributed by atoms with Crippen molar-refractivity contribution in [2.75, 3.05) is 32.7 Å². The summed E-state index contributed by atoms with van der Waals surface area (Å²) in [6.45, 7) is 2.89. The lowest BCUT2D eigenvalue weighted by molar-refractivity contribution is 0.0624. The summed E-state index contributed by atoms with van der Waals surface area (Å²) in [5.41, 5.74) is 0.256. The maximum atomic E-state index is 12.3. The first kappa shape index (κ1) is 15.6. The normalized spacial score (nSPS) is 15.6. The second-order valence-electron chi connectivity index (χ2n) is 5.41. The average Bonchev–Trinajstić information content (AvgIpc) is 3.10. The summed E-state index contributed by atoms with van der Waals surface area (Å²) in [5.74, 6) is 0.0332. The molecule has 23 heavy (non-hydrogen) atoms. The number of carbonyl (C=O) groups is 2. The fourth-order valence-corrected chi connectivity index (χ4v) is 3.21. The van der Waals surface area contributed by atoms with Crippen molar-refractivity contribution in [3.8, 4) is 0 Å². The van der Waals surface area contributed by atoms with Crippen LogP contribution >= 0.6 is 11.3 Å². The molecule has 1 amide bonds. The lowest BCUT2D eigenvalue weighted by atomic mass is 10.2.